The number of aliphatic hydroxyl groups is 2. The number of piperidine rings is 1. The lowest BCUT2D eigenvalue weighted by Crippen LogP contribution is -2.55. The largest absolute Gasteiger partial charge is 0.494 e. The van der Waals surface area contributed by atoms with Gasteiger partial charge in [-0.2, -0.15) is 0 Å². The summed E-state index contributed by atoms with van der Waals surface area (Å²) < 4.78 is 11.1. The van der Waals surface area contributed by atoms with Crippen molar-refractivity contribution in [1.82, 2.24) is 9.88 Å². The number of rotatable bonds is 2. The van der Waals surface area contributed by atoms with Crippen molar-refractivity contribution in [2.75, 3.05) is 26.8 Å². The smallest absolute Gasteiger partial charge is 0.257 e. The average Bonchev–Trinajstić information content (AvgIpc) is 2.59. The number of amides is 1. The van der Waals surface area contributed by atoms with E-state index in [9.17, 15) is 15.0 Å². The third kappa shape index (κ3) is 3.24. The minimum Gasteiger partial charge on any atom is -0.494 e. The molecule has 24 heavy (non-hydrogen) atoms. The van der Waals surface area contributed by atoms with Crippen LogP contribution in [0.3, 0.4) is 0 Å². The lowest BCUT2D eigenvalue weighted by atomic mass is 9.82. The van der Waals surface area contributed by atoms with Crippen LogP contribution in [-0.4, -0.2) is 70.6 Å². The third-order valence-corrected chi connectivity index (χ3v) is 5.00. The first-order chi connectivity index (χ1) is 11.4. The van der Waals surface area contributed by atoms with Crippen molar-refractivity contribution in [1.29, 1.82) is 0 Å². The quantitative estimate of drug-likeness (QED) is 0.818. The summed E-state index contributed by atoms with van der Waals surface area (Å²) in [5, 5.41) is 19.5. The second kappa shape index (κ2) is 6.66. The van der Waals surface area contributed by atoms with Gasteiger partial charge in [0, 0.05) is 25.2 Å². The first kappa shape index (κ1) is 17.1. The van der Waals surface area contributed by atoms with Gasteiger partial charge in [0.15, 0.2) is 0 Å². The van der Waals surface area contributed by atoms with Crippen molar-refractivity contribution in [3.63, 3.8) is 0 Å². The Morgan fingerprint density at radius 2 is 2.08 bits per heavy atom. The number of carbonyl (C=O) groups is 1. The molecule has 0 saturated carbocycles. The predicted molar refractivity (Wildman–Crippen MR) is 86.0 cm³/mol. The van der Waals surface area contributed by atoms with E-state index in [1.165, 1.54) is 7.11 Å². The molecule has 0 radical (unpaired) electrons. The zero-order chi connectivity index (χ0) is 17.3. The van der Waals surface area contributed by atoms with Gasteiger partial charge >= 0.3 is 0 Å². The van der Waals surface area contributed by atoms with E-state index in [0.717, 1.165) is 5.69 Å². The Kier molecular flexibility index (Phi) is 4.76. The highest BCUT2D eigenvalue weighted by molar-refractivity contribution is 5.97. The zero-order valence-corrected chi connectivity index (χ0v) is 14.1. The monoisotopic (exact) mass is 336 g/mol. The fourth-order valence-corrected chi connectivity index (χ4v) is 3.46. The molecule has 0 bridgehead atoms. The van der Waals surface area contributed by atoms with Crippen LogP contribution in [0, 0.1) is 6.92 Å². The van der Waals surface area contributed by atoms with Gasteiger partial charge < -0.3 is 24.6 Å². The van der Waals surface area contributed by atoms with E-state index >= 15 is 0 Å². The maximum Gasteiger partial charge on any atom is 0.257 e. The number of aromatic nitrogens is 1. The molecule has 132 valence electrons. The summed E-state index contributed by atoms with van der Waals surface area (Å²) in [6.45, 7) is 3.08. The van der Waals surface area contributed by atoms with E-state index in [-0.39, 0.29) is 12.5 Å². The van der Waals surface area contributed by atoms with Crippen LogP contribution in [0.5, 0.6) is 5.75 Å². The summed E-state index contributed by atoms with van der Waals surface area (Å²) >= 11 is 0. The van der Waals surface area contributed by atoms with Gasteiger partial charge in [-0.25, -0.2) is 0 Å². The Balaban J connectivity index is 1.69. The van der Waals surface area contributed by atoms with E-state index in [1.807, 2.05) is 6.92 Å². The minimum atomic E-state index is -0.820. The number of pyridine rings is 1. The van der Waals surface area contributed by atoms with Crippen molar-refractivity contribution < 1.29 is 24.5 Å². The van der Waals surface area contributed by atoms with Crippen molar-refractivity contribution in [2.45, 2.75) is 44.0 Å². The molecular weight excluding hydrogens is 312 g/mol. The Hall–Kier alpha value is -1.70. The molecule has 7 nitrogen and oxygen atoms in total. The number of hydrogen-bond donors (Lipinski definition) is 2. The van der Waals surface area contributed by atoms with E-state index in [0.29, 0.717) is 43.7 Å². The molecule has 0 aromatic carbocycles. The number of carbonyl (C=O) groups excluding carboxylic acids is 1. The molecular formula is C17H24N2O5. The molecule has 1 aromatic rings. The average molecular weight is 336 g/mol. The first-order valence-electron chi connectivity index (χ1n) is 8.24. The summed E-state index contributed by atoms with van der Waals surface area (Å²) in [5.74, 6) is 0.391. The maximum absolute atomic E-state index is 12.8. The number of methoxy groups -OCH3 is 1. The van der Waals surface area contributed by atoms with Crippen molar-refractivity contribution >= 4 is 5.91 Å². The minimum absolute atomic E-state index is 0.0800. The number of nitrogens with zero attached hydrogens (tertiary/aromatic N) is 2. The van der Waals surface area contributed by atoms with Gasteiger partial charge in [-0.05, 0) is 25.8 Å². The molecule has 2 saturated heterocycles. The summed E-state index contributed by atoms with van der Waals surface area (Å²) in [6.07, 6.45) is 1.69. The molecule has 2 aliphatic rings. The second-order valence-electron chi connectivity index (χ2n) is 6.65. The van der Waals surface area contributed by atoms with Crippen LogP contribution >= 0.6 is 0 Å². The van der Waals surface area contributed by atoms with E-state index in [1.54, 1.807) is 17.2 Å². The van der Waals surface area contributed by atoms with Crippen molar-refractivity contribution in [2.24, 2.45) is 0 Å². The Bertz CT molecular complexity index is 613. The van der Waals surface area contributed by atoms with Crippen LogP contribution in [0.25, 0.3) is 0 Å². The SMILES string of the molecule is COc1cnc(C)cc1C(=O)N1CCC2(CC1)C[C@@H](O)[C@@H](O)CO2. The zero-order valence-electron chi connectivity index (χ0n) is 14.1. The Labute approximate surface area is 141 Å². The van der Waals surface area contributed by atoms with Gasteiger partial charge in [-0.1, -0.05) is 0 Å². The molecule has 2 N–H and O–H groups in total. The number of hydrogen-bond acceptors (Lipinski definition) is 6. The summed E-state index contributed by atoms with van der Waals surface area (Å²) in [4.78, 5) is 18.7. The molecule has 7 heteroatoms. The second-order valence-corrected chi connectivity index (χ2v) is 6.65. The van der Waals surface area contributed by atoms with Gasteiger partial charge in [0.05, 0.1) is 37.2 Å². The van der Waals surface area contributed by atoms with Crippen molar-refractivity contribution in [3.8, 4) is 5.75 Å². The molecule has 2 atom stereocenters. The summed E-state index contributed by atoms with van der Waals surface area (Å²) in [6, 6.07) is 1.74. The highest BCUT2D eigenvalue weighted by Gasteiger charge is 2.43. The molecule has 1 amide bonds. The third-order valence-electron chi connectivity index (χ3n) is 5.00. The highest BCUT2D eigenvalue weighted by Crippen LogP contribution is 2.36. The number of likely N-dealkylation sites (tertiary alicyclic amines) is 1. The molecule has 0 unspecified atom stereocenters. The Morgan fingerprint density at radius 3 is 2.71 bits per heavy atom. The maximum atomic E-state index is 12.8. The molecule has 1 aromatic heterocycles. The van der Waals surface area contributed by atoms with Crippen LogP contribution in [0.1, 0.15) is 35.3 Å². The topological polar surface area (TPSA) is 92.1 Å². The molecule has 0 aliphatic carbocycles. The number of aliphatic hydroxyl groups excluding tert-OH is 2. The molecule has 2 fully saturated rings. The van der Waals surface area contributed by atoms with E-state index in [4.69, 9.17) is 9.47 Å². The lowest BCUT2D eigenvalue weighted by Gasteiger charge is -2.46. The normalized spacial score (nSPS) is 26.4. The summed E-state index contributed by atoms with van der Waals surface area (Å²) in [7, 11) is 1.52. The highest BCUT2D eigenvalue weighted by atomic mass is 16.5. The predicted octanol–water partition coefficient (Wildman–Crippen LogP) is 0.516. The van der Waals surface area contributed by atoms with Gasteiger partial charge in [0.25, 0.3) is 5.91 Å². The fourth-order valence-electron chi connectivity index (χ4n) is 3.46. The standard InChI is InChI=1S/C17H24N2O5/c1-11-7-12(15(23-2)9-18-11)16(22)19-5-3-17(4-6-19)8-13(20)14(21)10-24-17/h7,9,13-14,20-21H,3-6,8,10H2,1-2H3/t13-,14+/m1/s1. The molecule has 2 aliphatic heterocycles. The van der Waals surface area contributed by atoms with Crippen molar-refractivity contribution in [3.05, 3.63) is 23.5 Å². The van der Waals surface area contributed by atoms with Gasteiger partial charge in [0.2, 0.25) is 0 Å². The molecule has 3 heterocycles. The summed E-state index contributed by atoms with van der Waals surface area (Å²) in [5.41, 5.74) is 0.842. The van der Waals surface area contributed by atoms with Crippen LogP contribution in [-0.2, 0) is 4.74 Å². The lowest BCUT2D eigenvalue weighted by molar-refractivity contribution is -0.185. The van der Waals surface area contributed by atoms with Gasteiger partial charge in [-0.15, -0.1) is 0 Å². The van der Waals surface area contributed by atoms with Crippen LogP contribution in [0.15, 0.2) is 12.3 Å². The molecule has 3 rings (SSSR count). The Morgan fingerprint density at radius 1 is 1.38 bits per heavy atom. The van der Waals surface area contributed by atoms with Gasteiger partial charge in [-0.3, -0.25) is 9.78 Å². The van der Waals surface area contributed by atoms with E-state index < -0.39 is 17.8 Å². The van der Waals surface area contributed by atoms with E-state index in [2.05, 4.69) is 4.98 Å². The molecule has 1 spiro atoms. The van der Waals surface area contributed by atoms with Crippen LogP contribution < -0.4 is 4.74 Å². The van der Waals surface area contributed by atoms with Crippen LogP contribution in [0.4, 0.5) is 0 Å². The number of aryl methyl sites for hydroxylation is 1. The first-order valence-corrected chi connectivity index (χ1v) is 8.24. The number of ether oxygens (including phenoxy) is 2. The fraction of sp³-hybridized carbons (Fsp3) is 0.647. The van der Waals surface area contributed by atoms with Crippen LogP contribution in [0.2, 0.25) is 0 Å². The van der Waals surface area contributed by atoms with Gasteiger partial charge in [0.1, 0.15) is 11.9 Å².